The molecule has 2 unspecified atom stereocenters. The predicted molar refractivity (Wildman–Crippen MR) is 63.6 cm³/mol. The minimum absolute atomic E-state index is 0.0354. The molecule has 0 aromatic carbocycles. The zero-order valence-corrected chi connectivity index (χ0v) is 11.3. The maximum absolute atomic E-state index is 11.0. The molecule has 16 heavy (non-hydrogen) atoms. The van der Waals surface area contributed by atoms with Gasteiger partial charge in [0.25, 0.3) is 0 Å². The summed E-state index contributed by atoms with van der Waals surface area (Å²) in [4.78, 5) is 0. The van der Waals surface area contributed by atoms with Crippen molar-refractivity contribution < 1.29 is 17.9 Å². The molecule has 2 N–H and O–H groups in total. The van der Waals surface area contributed by atoms with Crippen LogP contribution in [0.1, 0.15) is 20.8 Å². The molecule has 0 aromatic rings. The van der Waals surface area contributed by atoms with E-state index in [2.05, 4.69) is 0 Å². The van der Waals surface area contributed by atoms with Crippen molar-refractivity contribution in [3.8, 4) is 0 Å². The molecule has 0 radical (unpaired) electrons. The van der Waals surface area contributed by atoms with Crippen LogP contribution in [0.2, 0.25) is 0 Å². The molecular formula is C10H23NO4S. The number of rotatable bonds is 8. The van der Waals surface area contributed by atoms with E-state index in [0.29, 0.717) is 13.2 Å². The molecule has 0 rings (SSSR count). The van der Waals surface area contributed by atoms with Gasteiger partial charge in [0.2, 0.25) is 10.0 Å². The summed E-state index contributed by atoms with van der Waals surface area (Å²) in [5.74, 6) is 0.104. The molecule has 0 bridgehead atoms. The Morgan fingerprint density at radius 2 is 1.75 bits per heavy atom. The van der Waals surface area contributed by atoms with Gasteiger partial charge in [-0.25, -0.2) is 13.6 Å². The molecule has 0 aliphatic rings. The van der Waals surface area contributed by atoms with E-state index in [1.807, 2.05) is 20.8 Å². The quantitative estimate of drug-likeness (QED) is 0.687. The minimum Gasteiger partial charge on any atom is -0.382 e. The van der Waals surface area contributed by atoms with Gasteiger partial charge < -0.3 is 9.47 Å². The van der Waals surface area contributed by atoms with E-state index in [-0.39, 0.29) is 23.7 Å². The number of ether oxygens (including phenoxy) is 2. The molecule has 98 valence electrons. The van der Waals surface area contributed by atoms with Crippen molar-refractivity contribution in [2.45, 2.75) is 26.9 Å². The summed E-state index contributed by atoms with van der Waals surface area (Å²) in [7, 11) is -1.84. The lowest BCUT2D eigenvalue weighted by Crippen LogP contribution is -2.31. The second-order valence-electron chi connectivity index (χ2n) is 4.43. The molecule has 0 fully saturated rings. The zero-order valence-electron chi connectivity index (χ0n) is 10.5. The van der Waals surface area contributed by atoms with Gasteiger partial charge in [-0.05, 0) is 18.8 Å². The molecule has 0 saturated carbocycles. The smallest absolute Gasteiger partial charge is 0.209 e. The van der Waals surface area contributed by atoms with E-state index in [0.717, 1.165) is 0 Å². The van der Waals surface area contributed by atoms with Crippen molar-refractivity contribution in [1.82, 2.24) is 0 Å². The van der Waals surface area contributed by atoms with Gasteiger partial charge in [-0.3, -0.25) is 0 Å². The zero-order chi connectivity index (χ0) is 12.8. The Kier molecular flexibility index (Phi) is 7.14. The van der Waals surface area contributed by atoms with Crippen LogP contribution in [0.25, 0.3) is 0 Å². The highest BCUT2D eigenvalue weighted by Crippen LogP contribution is 2.14. The molecule has 0 heterocycles. The highest BCUT2D eigenvalue weighted by molar-refractivity contribution is 7.89. The average molecular weight is 253 g/mol. The van der Waals surface area contributed by atoms with Crippen molar-refractivity contribution >= 4 is 10.0 Å². The van der Waals surface area contributed by atoms with Crippen molar-refractivity contribution in [3.63, 3.8) is 0 Å². The fourth-order valence-corrected chi connectivity index (χ4v) is 2.38. The predicted octanol–water partition coefficient (Wildman–Crippen LogP) is 0.599. The number of methoxy groups -OCH3 is 1. The first-order valence-corrected chi connectivity index (χ1v) is 7.08. The van der Waals surface area contributed by atoms with Crippen LogP contribution in [-0.2, 0) is 19.5 Å². The number of hydrogen-bond acceptors (Lipinski definition) is 4. The van der Waals surface area contributed by atoms with Gasteiger partial charge in [0.15, 0.2) is 0 Å². The second-order valence-corrected chi connectivity index (χ2v) is 6.09. The highest BCUT2D eigenvalue weighted by atomic mass is 32.2. The summed E-state index contributed by atoms with van der Waals surface area (Å²) in [6.45, 7) is 6.69. The molecule has 0 saturated heterocycles. The molecule has 6 heteroatoms. The lowest BCUT2D eigenvalue weighted by atomic mass is 9.99. The Bertz CT molecular complexity index is 277. The minimum atomic E-state index is -3.44. The fourth-order valence-electron chi connectivity index (χ4n) is 1.30. The van der Waals surface area contributed by atoms with Crippen LogP contribution in [0.15, 0.2) is 0 Å². The number of sulfonamides is 1. The molecular weight excluding hydrogens is 230 g/mol. The third kappa shape index (κ3) is 8.04. The number of hydrogen-bond donors (Lipinski definition) is 1. The number of primary sulfonamides is 1. The van der Waals surface area contributed by atoms with E-state index < -0.39 is 10.0 Å². The third-order valence-corrected chi connectivity index (χ3v) is 3.28. The summed E-state index contributed by atoms with van der Waals surface area (Å²) >= 11 is 0. The van der Waals surface area contributed by atoms with Crippen molar-refractivity contribution in [2.75, 3.05) is 26.1 Å². The van der Waals surface area contributed by atoms with Crippen molar-refractivity contribution in [2.24, 2.45) is 17.0 Å². The van der Waals surface area contributed by atoms with Crippen LogP contribution in [0, 0.1) is 11.8 Å². The van der Waals surface area contributed by atoms with Crippen LogP contribution in [-0.4, -0.2) is 40.6 Å². The van der Waals surface area contributed by atoms with Gasteiger partial charge in [-0.2, -0.15) is 0 Å². The Balaban J connectivity index is 4.15. The summed E-state index contributed by atoms with van der Waals surface area (Å²) in [5, 5.41) is 5.03. The van der Waals surface area contributed by atoms with Crippen molar-refractivity contribution in [1.29, 1.82) is 0 Å². The Morgan fingerprint density at radius 1 is 1.19 bits per heavy atom. The Labute approximate surface area is 98.4 Å². The third-order valence-electron chi connectivity index (χ3n) is 2.39. The topological polar surface area (TPSA) is 78.6 Å². The van der Waals surface area contributed by atoms with Gasteiger partial charge in [0.1, 0.15) is 0 Å². The monoisotopic (exact) mass is 253 g/mol. The van der Waals surface area contributed by atoms with Gasteiger partial charge in [-0.1, -0.05) is 13.8 Å². The number of nitrogens with two attached hydrogens (primary N) is 1. The molecule has 5 nitrogen and oxygen atoms in total. The first-order chi connectivity index (χ1) is 7.26. The van der Waals surface area contributed by atoms with Gasteiger partial charge in [-0.15, -0.1) is 0 Å². The maximum Gasteiger partial charge on any atom is 0.209 e. The average Bonchev–Trinajstić information content (AvgIpc) is 2.10. The fraction of sp³-hybridized carbons (Fsp3) is 1.00. The molecule has 0 aliphatic carbocycles. The lowest BCUT2D eigenvalue weighted by molar-refractivity contribution is -0.00978. The standard InChI is InChI=1S/C10H23NO4S/c1-8(2)10(7-16(11,12)13)6-15-9(3)5-14-4/h8-10H,5-7H2,1-4H3,(H2,11,12,13). The van der Waals surface area contributed by atoms with Gasteiger partial charge in [0, 0.05) is 7.11 Å². The first-order valence-electron chi connectivity index (χ1n) is 5.37. The first kappa shape index (κ1) is 15.8. The van der Waals surface area contributed by atoms with Crippen LogP contribution < -0.4 is 5.14 Å². The van der Waals surface area contributed by atoms with Crippen LogP contribution >= 0.6 is 0 Å². The lowest BCUT2D eigenvalue weighted by Gasteiger charge is -2.22. The van der Waals surface area contributed by atoms with Crippen LogP contribution in [0.5, 0.6) is 0 Å². The van der Waals surface area contributed by atoms with E-state index in [4.69, 9.17) is 14.6 Å². The maximum atomic E-state index is 11.0. The van der Waals surface area contributed by atoms with Crippen molar-refractivity contribution in [3.05, 3.63) is 0 Å². The SMILES string of the molecule is COCC(C)OCC(CS(N)(=O)=O)C(C)C. The highest BCUT2D eigenvalue weighted by Gasteiger charge is 2.20. The molecule has 0 aliphatic heterocycles. The summed E-state index contributed by atoms with van der Waals surface area (Å²) < 4.78 is 32.5. The molecule has 0 amide bonds. The Morgan fingerprint density at radius 3 is 2.12 bits per heavy atom. The second kappa shape index (κ2) is 7.21. The largest absolute Gasteiger partial charge is 0.382 e. The van der Waals surface area contributed by atoms with Gasteiger partial charge >= 0.3 is 0 Å². The van der Waals surface area contributed by atoms with E-state index >= 15 is 0 Å². The molecule has 0 aromatic heterocycles. The molecule has 2 atom stereocenters. The summed E-state index contributed by atoms with van der Waals surface area (Å²) in [6.07, 6.45) is -0.0354. The molecule has 0 spiro atoms. The Hall–Kier alpha value is -0.170. The summed E-state index contributed by atoms with van der Waals surface area (Å²) in [6, 6.07) is 0. The summed E-state index contributed by atoms with van der Waals surface area (Å²) in [5.41, 5.74) is 0. The van der Waals surface area contributed by atoms with E-state index in [1.54, 1.807) is 7.11 Å². The normalized spacial score (nSPS) is 16.4. The van der Waals surface area contributed by atoms with E-state index in [1.165, 1.54) is 0 Å². The van der Waals surface area contributed by atoms with E-state index in [9.17, 15) is 8.42 Å². The van der Waals surface area contributed by atoms with Crippen LogP contribution in [0.3, 0.4) is 0 Å². The van der Waals surface area contributed by atoms with Crippen LogP contribution in [0.4, 0.5) is 0 Å². The van der Waals surface area contributed by atoms with Gasteiger partial charge in [0.05, 0.1) is 25.1 Å².